The summed E-state index contributed by atoms with van der Waals surface area (Å²) in [5.74, 6) is 0. The van der Waals surface area contributed by atoms with Crippen LogP contribution in [0.15, 0.2) is 12.1 Å². The first-order chi connectivity index (χ1) is 5.69. The normalized spacial score (nSPS) is 11.6. The fourth-order valence-electron chi connectivity index (χ4n) is 1.09. The van der Waals surface area contributed by atoms with Crippen LogP contribution in [0.2, 0.25) is 0 Å². The average molecular weight is 162 g/mol. The van der Waals surface area contributed by atoms with Gasteiger partial charge in [-0.1, -0.05) is 6.58 Å². The van der Waals surface area contributed by atoms with Gasteiger partial charge in [0.05, 0.1) is 6.26 Å². The Morgan fingerprint density at radius 3 is 2.67 bits per heavy atom. The lowest BCUT2D eigenvalue weighted by molar-refractivity contribution is 0.112. The molecule has 2 nitrogen and oxygen atoms in total. The molecule has 0 aliphatic carbocycles. The van der Waals surface area contributed by atoms with Crippen molar-refractivity contribution < 1.29 is 9.90 Å². The van der Waals surface area contributed by atoms with Crippen LogP contribution < -0.4 is 10.4 Å². The third kappa shape index (κ3) is 1.37. The van der Waals surface area contributed by atoms with E-state index in [1.165, 1.54) is 0 Å². The molecule has 0 atom stereocenters. The lowest BCUT2D eigenvalue weighted by atomic mass is 10.1. The molecule has 0 heterocycles. The molecule has 62 valence electrons. The third-order valence-electron chi connectivity index (χ3n) is 1.73. The molecular weight excluding hydrogens is 152 g/mol. The van der Waals surface area contributed by atoms with Crippen LogP contribution in [-0.4, -0.2) is 11.4 Å². The number of aliphatic hydroxyl groups excluding tert-OH is 1. The number of aryl methyl sites for hydroxylation is 1. The number of hydrogen-bond donors (Lipinski definition) is 1. The standard InChI is InChI=1S/C10H10O2/c1-7-3-9(5-11)8(2)10(4-7)6-12/h3-6,11H,2H2,1H3/b9-5-. The molecule has 0 aliphatic rings. The summed E-state index contributed by atoms with van der Waals surface area (Å²) < 4.78 is 0. The minimum absolute atomic E-state index is 0.523. The second-order valence-corrected chi connectivity index (χ2v) is 2.67. The molecule has 12 heavy (non-hydrogen) atoms. The van der Waals surface area contributed by atoms with Crippen molar-refractivity contribution >= 4 is 19.1 Å². The van der Waals surface area contributed by atoms with Gasteiger partial charge in [-0.25, -0.2) is 0 Å². The lowest BCUT2D eigenvalue weighted by Crippen LogP contribution is -2.27. The highest BCUT2D eigenvalue weighted by Crippen LogP contribution is 1.91. The summed E-state index contributed by atoms with van der Waals surface area (Å²) in [4.78, 5) is 10.5. The van der Waals surface area contributed by atoms with Crippen LogP contribution in [0.1, 0.15) is 15.9 Å². The molecule has 0 unspecified atom stereocenters. The molecule has 1 aromatic rings. The maximum absolute atomic E-state index is 10.5. The number of aliphatic hydroxyl groups is 1. The largest absolute Gasteiger partial charge is 0.515 e. The van der Waals surface area contributed by atoms with E-state index in [9.17, 15) is 4.79 Å². The molecule has 0 fully saturated rings. The van der Waals surface area contributed by atoms with Crippen molar-refractivity contribution in [2.45, 2.75) is 6.92 Å². The molecule has 0 spiro atoms. The van der Waals surface area contributed by atoms with Gasteiger partial charge < -0.3 is 5.11 Å². The molecule has 0 saturated carbocycles. The van der Waals surface area contributed by atoms with Crippen LogP contribution in [0.5, 0.6) is 0 Å². The first-order valence-electron chi connectivity index (χ1n) is 3.58. The number of carbonyl (C=O) groups is 1. The van der Waals surface area contributed by atoms with Crippen molar-refractivity contribution in [2.75, 3.05) is 0 Å². The highest BCUT2D eigenvalue weighted by molar-refractivity contribution is 5.75. The molecule has 0 radical (unpaired) electrons. The maximum Gasteiger partial charge on any atom is 0.150 e. The minimum Gasteiger partial charge on any atom is -0.515 e. The maximum atomic E-state index is 10.5. The van der Waals surface area contributed by atoms with Crippen LogP contribution in [0, 0.1) is 6.92 Å². The second kappa shape index (κ2) is 3.22. The summed E-state index contributed by atoms with van der Waals surface area (Å²) in [6.45, 7) is 5.54. The third-order valence-corrected chi connectivity index (χ3v) is 1.73. The molecule has 0 aromatic heterocycles. The van der Waals surface area contributed by atoms with Crippen LogP contribution >= 0.6 is 0 Å². The van der Waals surface area contributed by atoms with E-state index in [0.29, 0.717) is 16.0 Å². The van der Waals surface area contributed by atoms with Crippen molar-refractivity contribution in [3.8, 4) is 0 Å². The lowest BCUT2D eigenvalue weighted by Gasteiger charge is -1.95. The van der Waals surface area contributed by atoms with Crippen LogP contribution in [0.3, 0.4) is 0 Å². The summed E-state index contributed by atoms with van der Waals surface area (Å²) in [7, 11) is 0. The fourth-order valence-corrected chi connectivity index (χ4v) is 1.09. The molecular formula is C10H10O2. The summed E-state index contributed by atoms with van der Waals surface area (Å²) in [5.41, 5.74) is 1.46. The monoisotopic (exact) mass is 162 g/mol. The Bertz CT molecular complexity index is 405. The molecule has 2 heteroatoms. The Morgan fingerprint density at radius 2 is 2.17 bits per heavy atom. The predicted octanol–water partition coefficient (Wildman–Crippen LogP) is 0.514. The van der Waals surface area contributed by atoms with Gasteiger partial charge in [0, 0.05) is 10.8 Å². The highest BCUT2D eigenvalue weighted by atomic mass is 16.2. The number of hydrogen-bond acceptors (Lipinski definition) is 2. The molecule has 0 aliphatic heterocycles. The van der Waals surface area contributed by atoms with Gasteiger partial charge in [0.25, 0.3) is 0 Å². The molecule has 1 aromatic carbocycles. The van der Waals surface area contributed by atoms with E-state index < -0.39 is 0 Å². The van der Waals surface area contributed by atoms with Gasteiger partial charge in [0.15, 0.2) is 6.29 Å². The van der Waals surface area contributed by atoms with E-state index in [1.54, 1.807) is 12.1 Å². The van der Waals surface area contributed by atoms with Crippen molar-refractivity contribution in [3.05, 3.63) is 33.7 Å². The van der Waals surface area contributed by atoms with Crippen molar-refractivity contribution in [3.63, 3.8) is 0 Å². The van der Waals surface area contributed by atoms with Gasteiger partial charge in [0.1, 0.15) is 0 Å². The van der Waals surface area contributed by atoms with Gasteiger partial charge in [-0.3, -0.25) is 4.79 Å². The summed E-state index contributed by atoms with van der Waals surface area (Å²) >= 11 is 0. The van der Waals surface area contributed by atoms with Crippen molar-refractivity contribution in [1.82, 2.24) is 0 Å². The summed E-state index contributed by atoms with van der Waals surface area (Å²) in [6, 6.07) is 3.51. The summed E-state index contributed by atoms with van der Waals surface area (Å²) in [6.07, 6.45) is 1.70. The smallest absolute Gasteiger partial charge is 0.150 e. The van der Waals surface area contributed by atoms with E-state index in [-0.39, 0.29) is 0 Å². The van der Waals surface area contributed by atoms with Gasteiger partial charge in [-0.15, -0.1) is 0 Å². The fraction of sp³-hybridized carbons (Fsp3) is 0.100. The quantitative estimate of drug-likeness (QED) is 0.611. The Labute approximate surface area is 70.5 Å². The van der Waals surface area contributed by atoms with Crippen molar-refractivity contribution in [1.29, 1.82) is 0 Å². The predicted molar refractivity (Wildman–Crippen MR) is 48.4 cm³/mol. The number of carbonyl (C=O) groups excluding carboxylic acids is 1. The zero-order valence-corrected chi connectivity index (χ0v) is 6.87. The number of aldehydes is 1. The first-order valence-corrected chi connectivity index (χ1v) is 3.58. The van der Waals surface area contributed by atoms with E-state index in [4.69, 9.17) is 5.11 Å². The van der Waals surface area contributed by atoms with E-state index >= 15 is 0 Å². The van der Waals surface area contributed by atoms with Gasteiger partial charge >= 0.3 is 0 Å². The molecule has 0 saturated heterocycles. The average Bonchev–Trinajstić information content (AvgIpc) is 2.08. The van der Waals surface area contributed by atoms with Gasteiger partial charge in [-0.05, 0) is 29.8 Å². The SMILES string of the molecule is C=c1c(C=O)cc(C)c/c1=C/O. The highest BCUT2D eigenvalue weighted by Gasteiger charge is 1.94. The second-order valence-electron chi connectivity index (χ2n) is 2.67. The summed E-state index contributed by atoms with van der Waals surface area (Å²) in [5, 5.41) is 9.94. The molecule has 1 rings (SSSR count). The van der Waals surface area contributed by atoms with Crippen LogP contribution in [-0.2, 0) is 0 Å². The Kier molecular flexibility index (Phi) is 2.29. The molecule has 1 N–H and O–H groups in total. The van der Waals surface area contributed by atoms with Gasteiger partial charge in [-0.2, -0.15) is 0 Å². The minimum atomic E-state index is 0.523. The first kappa shape index (κ1) is 8.53. The van der Waals surface area contributed by atoms with Gasteiger partial charge in [0.2, 0.25) is 0 Å². The van der Waals surface area contributed by atoms with Crippen molar-refractivity contribution in [2.24, 2.45) is 0 Å². The zero-order chi connectivity index (χ0) is 9.14. The Hall–Kier alpha value is -1.57. The Balaban J connectivity index is 3.66. The van der Waals surface area contributed by atoms with E-state index in [2.05, 4.69) is 6.58 Å². The van der Waals surface area contributed by atoms with Crippen LogP contribution in [0.25, 0.3) is 12.8 Å². The topological polar surface area (TPSA) is 37.3 Å². The number of benzene rings is 1. The van der Waals surface area contributed by atoms with Crippen LogP contribution in [0.4, 0.5) is 0 Å². The zero-order valence-electron chi connectivity index (χ0n) is 6.87. The molecule has 0 bridgehead atoms. The Morgan fingerprint density at radius 1 is 1.50 bits per heavy atom. The molecule has 0 amide bonds. The van der Waals surface area contributed by atoms with E-state index in [0.717, 1.165) is 18.1 Å². The van der Waals surface area contributed by atoms with E-state index in [1.807, 2.05) is 6.92 Å². The number of rotatable bonds is 1.